The number of fused-ring (bicyclic) bond motifs is 1. The summed E-state index contributed by atoms with van der Waals surface area (Å²) in [6.45, 7) is 2.05. The van der Waals surface area contributed by atoms with Gasteiger partial charge in [-0.15, -0.1) is 11.3 Å². The average molecular weight is 404 g/mol. The summed E-state index contributed by atoms with van der Waals surface area (Å²) in [5.41, 5.74) is 2.06. The molecular weight excluding hydrogens is 382 g/mol. The van der Waals surface area contributed by atoms with Crippen molar-refractivity contribution in [2.24, 2.45) is 0 Å². The van der Waals surface area contributed by atoms with Gasteiger partial charge in [-0.1, -0.05) is 42.1 Å². The average Bonchev–Trinajstić information content (AvgIpc) is 3.04. The van der Waals surface area contributed by atoms with Gasteiger partial charge in [0.2, 0.25) is 11.0 Å². The summed E-state index contributed by atoms with van der Waals surface area (Å²) < 4.78 is 5.19. The van der Waals surface area contributed by atoms with Crippen molar-refractivity contribution in [1.82, 2.24) is 0 Å². The molecule has 1 aliphatic rings. The maximum absolute atomic E-state index is 12.4. The lowest BCUT2D eigenvalue weighted by Gasteiger charge is -2.12. The zero-order chi connectivity index (χ0) is 19.2. The fraction of sp³-hybridized carbons (Fsp3) is 0.350. The van der Waals surface area contributed by atoms with Gasteiger partial charge in [0.05, 0.1) is 17.9 Å². The van der Waals surface area contributed by atoms with Gasteiger partial charge in [0, 0.05) is 10.4 Å². The van der Waals surface area contributed by atoms with E-state index in [-0.39, 0.29) is 29.4 Å². The number of carbonyl (C=O) groups is 3. The minimum Gasteiger partial charge on any atom is -0.462 e. The number of benzene rings is 1. The molecule has 142 valence electrons. The minimum atomic E-state index is -0.389. The van der Waals surface area contributed by atoms with Gasteiger partial charge in [-0.25, -0.2) is 4.79 Å². The molecule has 3 rings (SSSR count). The second-order valence-corrected chi connectivity index (χ2v) is 8.18. The number of thioether (sulfide) groups is 1. The number of thiophene rings is 1. The zero-order valence-corrected chi connectivity index (χ0v) is 16.7. The summed E-state index contributed by atoms with van der Waals surface area (Å²) in [4.78, 5) is 38.0. The number of carbonyl (C=O) groups excluding carboxylic acids is 3. The first-order valence-corrected chi connectivity index (χ1v) is 10.7. The molecule has 1 aliphatic carbocycles. The molecule has 0 bridgehead atoms. The molecule has 1 aromatic heterocycles. The smallest absolute Gasteiger partial charge is 0.341 e. The van der Waals surface area contributed by atoms with Gasteiger partial charge in [0.1, 0.15) is 5.00 Å². The van der Waals surface area contributed by atoms with Crippen LogP contribution in [0, 0.1) is 0 Å². The van der Waals surface area contributed by atoms with Crippen molar-refractivity contribution in [2.75, 3.05) is 17.7 Å². The molecule has 1 heterocycles. The standard InChI is InChI=1S/C20H21NO4S2/c1-2-25-19(23)17-14-10-6-7-11-15(14)27-18(17)21-16(22)12-26-20(24)13-8-4-3-5-9-13/h3-5,8-9H,2,6-7,10-12H2,1H3,(H,21,22). The summed E-state index contributed by atoms with van der Waals surface area (Å²) in [5, 5.41) is 3.21. The summed E-state index contributed by atoms with van der Waals surface area (Å²) >= 11 is 2.40. The number of esters is 1. The van der Waals surface area contributed by atoms with E-state index in [1.54, 1.807) is 31.2 Å². The Balaban J connectivity index is 1.69. The minimum absolute atomic E-state index is 0.00143. The largest absolute Gasteiger partial charge is 0.462 e. The van der Waals surface area contributed by atoms with Crippen LogP contribution in [0.4, 0.5) is 5.00 Å². The molecule has 0 unspecified atom stereocenters. The molecule has 0 saturated heterocycles. The van der Waals surface area contributed by atoms with Crippen molar-refractivity contribution in [3.8, 4) is 0 Å². The SMILES string of the molecule is CCOC(=O)c1c(NC(=O)CSC(=O)c2ccccc2)sc2c1CCCC2. The Kier molecular flexibility index (Phi) is 6.68. The number of anilines is 1. The van der Waals surface area contributed by atoms with Crippen molar-refractivity contribution in [2.45, 2.75) is 32.6 Å². The highest BCUT2D eigenvalue weighted by molar-refractivity contribution is 8.14. The molecule has 27 heavy (non-hydrogen) atoms. The number of hydrogen-bond donors (Lipinski definition) is 1. The van der Waals surface area contributed by atoms with Crippen LogP contribution < -0.4 is 5.32 Å². The first kappa shape index (κ1) is 19.6. The fourth-order valence-electron chi connectivity index (χ4n) is 3.02. The molecule has 1 N–H and O–H groups in total. The molecule has 0 spiro atoms. The second kappa shape index (κ2) is 9.19. The Morgan fingerprint density at radius 1 is 1.15 bits per heavy atom. The molecule has 7 heteroatoms. The molecule has 0 atom stereocenters. The molecule has 0 aliphatic heterocycles. The van der Waals surface area contributed by atoms with E-state index < -0.39 is 0 Å². The molecule has 0 fully saturated rings. The van der Waals surface area contributed by atoms with Crippen LogP contribution in [0.1, 0.15) is 50.9 Å². The van der Waals surface area contributed by atoms with Gasteiger partial charge in [0.25, 0.3) is 0 Å². The van der Waals surface area contributed by atoms with Crippen molar-refractivity contribution < 1.29 is 19.1 Å². The van der Waals surface area contributed by atoms with E-state index in [0.717, 1.165) is 47.9 Å². The van der Waals surface area contributed by atoms with Crippen molar-refractivity contribution in [1.29, 1.82) is 0 Å². The van der Waals surface area contributed by atoms with Crippen LogP contribution in [-0.4, -0.2) is 29.4 Å². The van der Waals surface area contributed by atoms with Crippen LogP contribution in [0.15, 0.2) is 30.3 Å². The summed E-state index contributed by atoms with van der Waals surface area (Å²) in [6.07, 6.45) is 3.87. The second-order valence-electron chi connectivity index (χ2n) is 6.13. The lowest BCUT2D eigenvalue weighted by atomic mass is 9.95. The van der Waals surface area contributed by atoms with Crippen LogP contribution in [0.5, 0.6) is 0 Å². The number of amides is 1. The van der Waals surface area contributed by atoms with Gasteiger partial charge in [-0.05, 0) is 38.2 Å². The molecule has 0 radical (unpaired) electrons. The van der Waals surface area contributed by atoms with Crippen molar-refractivity contribution in [3.63, 3.8) is 0 Å². The lowest BCUT2D eigenvalue weighted by Crippen LogP contribution is -2.18. The lowest BCUT2D eigenvalue weighted by molar-refractivity contribution is -0.113. The summed E-state index contributed by atoms with van der Waals surface area (Å²) in [6, 6.07) is 8.85. The topological polar surface area (TPSA) is 72.5 Å². The molecule has 1 amide bonds. The normalized spacial score (nSPS) is 12.9. The van der Waals surface area contributed by atoms with Gasteiger partial charge >= 0.3 is 5.97 Å². The molecule has 0 saturated carbocycles. The Hall–Kier alpha value is -2.12. The Morgan fingerprint density at radius 2 is 1.89 bits per heavy atom. The number of nitrogens with one attached hydrogen (secondary N) is 1. The number of aryl methyl sites for hydroxylation is 1. The van der Waals surface area contributed by atoms with E-state index in [0.29, 0.717) is 16.1 Å². The quantitative estimate of drug-likeness (QED) is 0.728. The fourth-order valence-corrected chi connectivity index (χ4v) is 4.96. The maximum atomic E-state index is 12.4. The third kappa shape index (κ3) is 4.78. The Labute approximate surface area is 166 Å². The zero-order valence-electron chi connectivity index (χ0n) is 15.1. The van der Waals surface area contributed by atoms with Crippen LogP contribution in [0.3, 0.4) is 0 Å². The molecule has 2 aromatic rings. The Morgan fingerprint density at radius 3 is 2.63 bits per heavy atom. The highest BCUT2D eigenvalue weighted by atomic mass is 32.2. The number of rotatable bonds is 6. The number of ether oxygens (including phenoxy) is 1. The first-order chi connectivity index (χ1) is 13.1. The van der Waals surface area contributed by atoms with Crippen molar-refractivity contribution in [3.05, 3.63) is 51.9 Å². The van der Waals surface area contributed by atoms with Crippen molar-refractivity contribution >= 4 is 45.1 Å². The Bertz CT molecular complexity index is 845. The summed E-state index contributed by atoms with van der Waals surface area (Å²) in [7, 11) is 0. The van der Waals surface area contributed by atoms with E-state index >= 15 is 0 Å². The third-order valence-corrected chi connectivity index (χ3v) is 6.36. The van der Waals surface area contributed by atoms with E-state index in [9.17, 15) is 14.4 Å². The highest BCUT2D eigenvalue weighted by Gasteiger charge is 2.27. The van der Waals surface area contributed by atoms with Crippen LogP contribution >= 0.6 is 23.1 Å². The monoisotopic (exact) mass is 403 g/mol. The van der Waals surface area contributed by atoms with Crippen LogP contribution in [-0.2, 0) is 22.4 Å². The molecule has 5 nitrogen and oxygen atoms in total. The van der Waals surface area contributed by atoms with E-state index in [4.69, 9.17) is 4.74 Å². The van der Waals surface area contributed by atoms with E-state index in [1.165, 1.54) is 11.3 Å². The predicted molar refractivity (Wildman–Crippen MR) is 109 cm³/mol. The van der Waals surface area contributed by atoms with E-state index in [1.807, 2.05) is 6.07 Å². The van der Waals surface area contributed by atoms with Gasteiger partial charge < -0.3 is 10.1 Å². The van der Waals surface area contributed by atoms with Gasteiger partial charge in [0.15, 0.2) is 0 Å². The predicted octanol–water partition coefficient (Wildman–Crippen LogP) is 4.32. The maximum Gasteiger partial charge on any atom is 0.341 e. The van der Waals surface area contributed by atoms with Crippen LogP contribution in [0.25, 0.3) is 0 Å². The first-order valence-electron chi connectivity index (χ1n) is 8.93. The van der Waals surface area contributed by atoms with Crippen LogP contribution in [0.2, 0.25) is 0 Å². The summed E-state index contributed by atoms with van der Waals surface area (Å²) in [5.74, 6) is -0.688. The highest BCUT2D eigenvalue weighted by Crippen LogP contribution is 2.38. The van der Waals surface area contributed by atoms with Gasteiger partial charge in [-0.2, -0.15) is 0 Å². The molecular formula is C20H21NO4S2. The number of hydrogen-bond acceptors (Lipinski definition) is 6. The molecule has 1 aromatic carbocycles. The van der Waals surface area contributed by atoms with Gasteiger partial charge in [-0.3, -0.25) is 9.59 Å². The van der Waals surface area contributed by atoms with E-state index in [2.05, 4.69) is 5.32 Å². The third-order valence-electron chi connectivity index (χ3n) is 4.25.